The summed E-state index contributed by atoms with van der Waals surface area (Å²) in [5.74, 6) is -0.615. The van der Waals surface area contributed by atoms with Gasteiger partial charge in [0.25, 0.3) is 5.91 Å². The van der Waals surface area contributed by atoms with Gasteiger partial charge in [0.15, 0.2) is 0 Å². The van der Waals surface area contributed by atoms with E-state index in [1.54, 1.807) is 11.3 Å². The molecule has 0 bridgehead atoms. The van der Waals surface area contributed by atoms with E-state index in [4.69, 9.17) is 5.73 Å². The summed E-state index contributed by atoms with van der Waals surface area (Å²) < 4.78 is 1.14. The highest BCUT2D eigenvalue weighted by atomic mass is 32.1. The third-order valence-corrected chi connectivity index (χ3v) is 7.40. The fraction of sp³-hybridized carbons (Fsp3) is 0.350. The van der Waals surface area contributed by atoms with E-state index in [0.29, 0.717) is 17.1 Å². The van der Waals surface area contributed by atoms with Crippen LogP contribution in [0.25, 0.3) is 10.2 Å². The number of rotatable bonds is 6. The molecule has 0 fully saturated rings. The molecule has 0 radical (unpaired) electrons. The van der Waals surface area contributed by atoms with E-state index in [2.05, 4.69) is 10.3 Å². The number of nitrogens with one attached hydrogen (secondary N) is 1. The maximum absolute atomic E-state index is 12.8. The molecule has 2 amide bonds. The summed E-state index contributed by atoms with van der Waals surface area (Å²) in [7, 11) is 1.90. The van der Waals surface area contributed by atoms with Crippen LogP contribution in [0.4, 0.5) is 5.00 Å². The minimum absolute atomic E-state index is 0.147. The molecule has 1 aliphatic rings. The van der Waals surface area contributed by atoms with Crippen LogP contribution in [-0.2, 0) is 24.2 Å². The number of nitrogens with two attached hydrogens (primary N) is 1. The lowest BCUT2D eigenvalue weighted by Crippen LogP contribution is -2.39. The standard InChI is InChI=1S/C20H22N4O2S2/c1-11(24(2)10-16-22-13-7-3-4-8-15(13)27-16)19(26)23-20-17(18(21)25)12-6-5-9-14(12)28-20/h3-4,7-8,11H,5-6,9-10H2,1-2H3,(H2,21,25)(H,23,26). The number of hydrogen-bond donors (Lipinski definition) is 2. The molecule has 1 aromatic carbocycles. The number of nitrogens with zero attached hydrogens (tertiary/aromatic N) is 2. The first-order valence-corrected chi connectivity index (χ1v) is 10.9. The molecule has 1 atom stereocenters. The number of benzene rings is 1. The highest BCUT2D eigenvalue weighted by Crippen LogP contribution is 2.39. The van der Waals surface area contributed by atoms with Crippen molar-refractivity contribution in [2.45, 2.75) is 38.8 Å². The van der Waals surface area contributed by atoms with Crippen molar-refractivity contribution in [2.24, 2.45) is 5.73 Å². The summed E-state index contributed by atoms with van der Waals surface area (Å²) >= 11 is 3.12. The predicted octanol–water partition coefficient (Wildman–Crippen LogP) is 3.40. The van der Waals surface area contributed by atoms with Crippen LogP contribution in [0.15, 0.2) is 24.3 Å². The summed E-state index contributed by atoms with van der Waals surface area (Å²) in [6, 6.07) is 7.64. The predicted molar refractivity (Wildman–Crippen MR) is 114 cm³/mol. The van der Waals surface area contributed by atoms with Crippen molar-refractivity contribution >= 4 is 49.7 Å². The Kier molecular flexibility index (Phi) is 5.18. The molecular weight excluding hydrogens is 392 g/mol. The Bertz CT molecular complexity index is 1020. The first-order valence-electron chi connectivity index (χ1n) is 9.24. The molecule has 1 unspecified atom stereocenters. The molecule has 4 rings (SSSR count). The van der Waals surface area contributed by atoms with Crippen LogP contribution < -0.4 is 11.1 Å². The summed E-state index contributed by atoms with van der Waals surface area (Å²) in [6.45, 7) is 2.44. The second-order valence-corrected chi connectivity index (χ2v) is 9.30. The zero-order chi connectivity index (χ0) is 19.8. The van der Waals surface area contributed by atoms with Gasteiger partial charge in [-0.1, -0.05) is 12.1 Å². The van der Waals surface area contributed by atoms with Gasteiger partial charge >= 0.3 is 0 Å². The van der Waals surface area contributed by atoms with E-state index in [0.717, 1.165) is 40.1 Å². The van der Waals surface area contributed by atoms with Crippen molar-refractivity contribution in [3.8, 4) is 0 Å². The lowest BCUT2D eigenvalue weighted by Gasteiger charge is -2.22. The van der Waals surface area contributed by atoms with Gasteiger partial charge in [-0.15, -0.1) is 22.7 Å². The van der Waals surface area contributed by atoms with E-state index in [1.165, 1.54) is 16.2 Å². The van der Waals surface area contributed by atoms with Gasteiger partial charge < -0.3 is 11.1 Å². The number of carbonyl (C=O) groups excluding carboxylic acids is 2. The SMILES string of the molecule is CC(C(=O)Nc1sc2c(c1C(N)=O)CCC2)N(C)Cc1nc2ccccc2s1. The minimum Gasteiger partial charge on any atom is -0.365 e. The number of thiophene rings is 1. The number of para-hydroxylation sites is 1. The number of anilines is 1. The number of amides is 2. The highest BCUT2D eigenvalue weighted by molar-refractivity contribution is 7.18. The number of carbonyl (C=O) groups is 2. The molecule has 1 aliphatic carbocycles. The molecule has 3 N–H and O–H groups in total. The molecule has 3 aromatic rings. The number of aromatic nitrogens is 1. The fourth-order valence-electron chi connectivity index (χ4n) is 3.51. The number of primary amides is 1. The van der Waals surface area contributed by atoms with Gasteiger partial charge in [0.1, 0.15) is 10.0 Å². The van der Waals surface area contributed by atoms with Crippen LogP contribution >= 0.6 is 22.7 Å². The van der Waals surface area contributed by atoms with Crippen molar-refractivity contribution in [2.75, 3.05) is 12.4 Å². The van der Waals surface area contributed by atoms with Crippen molar-refractivity contribution in [3.05, 3.63) is 45.3 Å². The van der Waals surface area contributed by atoms with Gasteiger partial charge in [-0.3, -0.25) is 14.5 Å². The molecule has 0 spiro atoms. The number of thiazole rings is 1. The van der Waals surface area contributed by atoms with E-state index < -0.39 is 5.91 Å². The Labute approximate surface area is 171 Å². The van der Waals surface area contributed by atoms with Gasteiger partial charge in [0.2, 0.25) is 5.91 Å². The molecule has 0 aliphatic heterocycles. The normalized spacial score (nSPS) is 14.4. The van der Waals surface area contributed by atoms with Crippen LogP contribution in [0.3, 0.4) is 0 Å². The number of hydrogen-bond acceptors (Lipinski definition) is 6. The monoisotopic (exact) mass is 414 g/mol. The summed E-state index contributed by atoms with van der Waals surface area (Å²) in [5, 5.41) is 4.49. The molecular formula is C20H22N4O2S2. The zero-order valence-electron chi connectivity index (χ0n) is 15.8. The van der Waals surface area contributed by atoms with Crippen LogP contribution in [0.2, 0.25) is 0 Å². The average molecular weight is 415 g/mol. The van der Waals surface area contributed by atoms with E-state index in [9.17, 15) is 9.59 Å². The third kappa shape index (κ3) is 3.55. The Hall–Kier alpha value is -2.29. The summed E-state index contributed by atoms with van der Waals surface area (Å²) in [5.41, 5.74) is 8.07. The molecule has 0 saturated heterocycles. The van der Waals surface area contributed by atoms with Crippen LogP contribution in [-0.4, -0.2) is 34.8 Å². The Morgan fingerprint density at radius 1 is 1.29 bits per heavy atom. The molecule has 0 saturated carbocycles. The molecule has 2 aromatic heterocycles. The number of aryl methyl sites for hydroxylation is 1. The maximum Gasteiger partial charge on any atom is 0.251 e. The molecule has 8 heteroatoms. The topological polar surface area (TPSA) is 88.3 Å². The average Bonchev–Trinajstić information content (AvgIpc) is 3.33. The van der Waals surface area contributed by atoms with Crippen molar-refractivity contribution in [3.63, 3.8) is 0 Å². The van der Waals surface area contributed by atoms with Gasteiger partial charge in [-0.2, -0.15) is 0 Å². The van der Waals surface area contributed by atoms with Gasteiger partial charge in [0, 0.05) is 4.88 Å². The first kappa shape index (κ1) is 19.0. The summed E-state index contributed by atoms with van der Waals surface area (Å²) in [4.78, 5) is 32.5. The lowest BCUT2D eigenvalue weighted by atomic mass is 10.1. The summed E-state index contributed by atoms with van der Waals surface area (Å²) in [6.07, 6.45) is 2.84. The molecule has 6 nitrogen and oxygen atoms in total. The number of likely N-dealkylation sites (N-methyl/N-ethyl adjacent to an activating group) is 1. The third-order valence-electron chi connectivity index (χ3n) is 5.17. The number of fused-ring (bicyclic) bond motifs is 2. The van der Waals surface area contributed by atoms with Crippen molar-refractivity contribution < 1.29 is 9.59 Å². The van der Waals surface area contributed by atoms with E-state index >= 15 is 0 Å². The molecule has 146 valence electrons. The van der Waals surface area contributed by atoms with Crippen molar-refractivity contribution in [1.82, 2.24) is 9.88 Å². The Morgan fingerprint density at radius 3 is 2.82 bits per heavy atom. The largest absolute Gasteiger partial charge is 0.365 e. The maximum atomic E-state index is 12.8. The Morgan fingerprint density at radius 2 is 2.07 bits per heavy atom. The van der Waals surface area contributed by atoms with Crippen molar-refractivity contribution in [1.29, 1.82) is 0 Å². The lowest BCUT2D eigenvalue weighted by molar-refractivity contribution is -0.120. The van der Waals surface area contributed by atoms with Gasteiger partial charge in [-0.25, -0.2) is 4.98 Å². The first-order chi connectivity index (χ1) is 13.4. The second-order valence-electron chi connectivity index (χ2n) is 7.08. The van der Waals surface area contributed by atoms with Crippen LogP contribution in [0.1, 0.15) is 39.2 Å². The smallest absolute Gasteiger partial charge is 0.251 e. The minimum atomic E-state index is -0.467. The van der Waals surface area contributed by atoms with E-state index in [-0.39, 0.29) is 11.9 Å². The zero-order valence-corrected chi connectivity index (χ0v) is 17.5. The van der Waals surface area contributed by atoms with Crippen LogP contribution in [0, 0.1) is 0 Å². The van der Waals surface area contributed by atoms with Gasteiger partial charge in [0.05, 0.1) is 28.4 Å². The van der Waals surface area contributed by atoms with Crippen LogP contribution in [0.5, 0.6) is 0 Å². The second kappa shape index (κ2) is 7.62. The molecule has 2 heterocycles. The van der Waals surface area contributed by atoms with Gasteiger partial charge in [-0.05, 0) is 50.9 Å². The molecule has 28 heavy (non-hydrogen) atoms. The Balaban J connectivity index is 1.46. The quantitative estimate of drug-likeness (QED) is 0.647. The highest BCUT2D eigenvalue weighted by Gasteiger charge is 2.28. The fourth-order valence-corrected chi connectivity index (χ4v) is 5.84. The van der Waals surface area contributed by atoms with E-state index in [1.807, 2.05) is 43.1 Å².